The largest absolute Gasteiger partial charge is 0.261 e. The van der Waals surface area contributed by atoms with Gasteiger partial charge in [0, 0.05) is 22.5 Å². The minimum atomic E-state index is -3.77. The molecule has 0 spiro atoms. The zero-order valence-electron chi connectivity index (χ0n) is 9.52. The van der Waals surface area contributed by atoms with Gasteiger partial charge in [-0.1, -0.05) is 18.5 Å². The van der Waals surface area contributed by atoms with Gasteiger partial charge in [0.05, 0.1) is 10.4 Å². The number of nitrogens with zero attached hydrogens (tertiary/aromatic N) is 2. The molecule has 4 nitrogen and oxygen atoms in total. The normalized spacial score (nSPS) is 11.9. The third kappa shape index (κ3) is 2.74. The maximum atomic E-state index is 11.2. The van der Waals surface area contributed by atoms with E-state index in [2.05, 4.69) is 9.97 Å². The van der Waals surface area contributed by atoms with Crippen molar-refractivity contribution in [2.24, 2.45) is 0 Å². The fraction of sp³-hybridized carbons (Fsp3) is 0.273. The Balaban J connectivity index is 2.65. The van der Waals surface area contributed by atoms with Gasteiger partial charge in [-0.15, -0.1) is 0 Å². The molecule has 0 N–H and O–H groups in total. The number of aryl methyl sites for hydroxylation is 1. The molecule has 7 heteroatoms. The van der Waals surface area contributed by atoms with Crippen LogP contribution in [0.5, 0.6) is 0 Å². The highest BCUT2D eigenvalue weighted by atomic mass is 35.7. The molecule has 0 saturated carbocycles. The lowest BCUT2D eigenvalue weighted by atomic mass is 10.2. The van der Waals surface area contributed by atoms with Crippen LogP contribution >= 0.6 is 22.3 Å². The van der Waals surface area contributed by atoms with Gasteiger partial charge < -0.3 is 0 Å². The van der Waals surface area contributed by atoms with Gasteiger partial charge >= 0.3 is 0 Å². The van der Waals surface area contributed by atoms with Gasteiger partial charge in [-0.25, -0.2) is 18.4 Å². The third-order valence-corrected chi connectivity index (χ3v) is 4.06. The van der Waals surface area contributed by atoms with Crippen LogP contribution < -0.4 is 0 Å². The predicted molar refractivity (Wildman–Crippen MR) is 71.6 cm³/mol. The van der Waals surface area contributed by atoms with E-state index in [0.29, 0.717) is 16.7 Å². The summed E-state index contributed by atoms with van der Waals surface area (Å²) in [4.78, 5) is 8.44. The highest BCUT2D eigenvalue weighted by Gasteiger charge is 2.13. The summed E-state index contributed by atoms with van der Waals surface area (Å²) in [6.07, 6.45) is 1.64. The first-order valence-corrected chi connectivity index (χ1v) is 8.01. The number of hydrogen-bond donors (Lipinski definition) is 0. The van der Waals surface area contributed by atoms with Gasteiger partial charge in [-0.2, -0.15) is 0 Å². The van der Waals surface area contributed by atoms with E-state index in [1.807, 2.05) is 6.92 Å². The van der Waals surface area contributed by atoms with Gasteiger partial charge in [-0.05, 0) is 24.6 Å². The minimum Gasteiger partial charge on any atom is -0.233 e. The second-order valence-corrected chi connectivity index (χ2v) is 6.72. The average molecular weight is 305 g/mol. The molecule has 0 saturated heterocycles. The van der Waals surface area contributed by atoms with Crippen molar-refractivity contribution in [2.45, 2.75) is 24.7 Å². The van der Waals surface area contributed by atoms with Gasteiger partial charge in [0.1, 0.15) is 11.0 Å². The second-order valence-electron chi connectivity index (χ2n) is 3.80. The number of aromatic nitrogens is 2. The average Bonchev–Trinajstić information content (AvgIpc) is 2.27. The molecule has 2 rings (SSSR count). The Morgan fingerprint density at radius 2 is 2.00 bits per heavy atom. The van der Waals surface area contributed by atoms with E-state index in [1.165, 1.54) is 12.1 Å². The molecule has 0 radical (unpaired) electrons. The Labute approximate surface area is 114 Å². The second kappa shape index (κ2) is 4.99. The summed E-state index contributed by atoms with van der Waals surface area (Å²) in [5, 5.41) is 0.726. The summed E-state index contributed by atoms with van der Waals surface area (Å²) in [5.41, 5.74) is 0.613. The molecule has 0 aliphatic carbocycles. The maximum absolute atomic E-state index is 11.2. The maximum Gasteiger partial charge on any atom is 0.261 e. The fourth-order valence-electron chi connectivity index (χ4n) is 1.60. The summed E-state index contributed by atoms with van der Waals surface area (Å²) in [7, 11) is 1.51. The van der Waals surface area contributed by atoms with Crippen LogP contribution in [-0.2, 0) is 15.5 Å². The number of rotatable bonds is 3. The van der Waals surface area contributed by atoms with Crippen LogP contribution in [0.1, 0.15) is 19.2 Å². The van der Waals surface area contributed by atoms with Crippen LogP contribution in [-0.4, -0.2) is 18.4 Å². The zero-order valence-corrected chi connectivity index (χ0v) is 11.8. The van der Waals surface area contributed by atoms with Crippen molar-refractivity contribution in [3.8, 4) is 0 Å². The number of benzene rings is 1. The summed E-state index contributed by atoms with van der Waals surface area (Å²) in [6.45, 7) is 2.02. The van der Waals surface area contributed by atoms with E-state index in [1.54, 1.807) is 6.07 Å². The van der Waals surface area contributed by atoms with E-state index < -0.39 is 9.05 Å². The van der Waals surface area contributed by atoms with Crippen LogP contribution in [0.3, 0.4) is 0 Å². The van der Waals surface area contributed by atoms with E-state index in [0.717, 1.165) is 12.8 Å². The molecule has 96 valence electrons. The first kappa shape index (κ1) is 13.5. The number of hydrogen-bond acceptors (Lipinski definition) is 4. The first-order valence-electron chi connectivity index (χ1n) is 5.32. The molecule has 0 fully saturated rings. The summed E-state index contributed by atoms with van der Waals surface area (Å²) in [6, 6.07) is 4.37. The summed E-state index contributed by atoms with van der Waals surface area (Å²) < 4.78 is 22.5. The lowest BCUT2D eigenvalue weighted by molar-refractivity contribution is 0.609. The molecule has 1 aromatic heterocycles. The molecule has 0 bridgehead atoms. The van der Waals surface area contributed by atoms with Crippen LogP contribution in [0.25, 0.3) is 10.9 Å². The molecule has 1 aromatic carbocycles. The number of halogens is 2. The van der Waals surface area contributed by atoms with Crippen LogP contribution in [0, 0.1) is 0 Å². The highest BCUT2D eigenvalue weighted by Crippen LogP contribution is 2.25. The molecule has 1 heterocycles. The van der Waals surface area contributed by atoms with Crippen molar-refractivity contribution in [3.63, 3.8) is 0 Å². The monoisotopic (exact) mass is 304 g/mol. The van der Waals surface area contributed by atoms with Gasteiger partial charge in [0.25, 0.3) is 9.05 Å². The van der Waals surface area contributed by atoms with Crippen molar-refractivity contribution in [3.05, 3.63) is 29.2 Å². The molecular formula is C11H10Cl2N2O2S. The molecule has 0 amide bonds. The van der Waals surface area contributed by atoms with E-state index >= 15 is 0 Å². The van der Waals surface area contributed by atoms with Gasteiger partial charge in [0.2, 0.25) is 0 Å². The van der Waals surface area contributed by atoms with Crippen LogP contribution in [0.15, 0.2) is 23.1 Å². The Hall–Kier alpha value is -0.910. The Bertz CT molecular complexity index is 702. The summed E-state index contributed by atoms with van der Waals surface area (Å²) >= 11 is 6.03. The van der Waals surface area contributed by atoms with Crippen molar-refractivity contribution in [2.75, 3.05) is 0 Å². The van der Waals surface area contributed by atoms with Gasteiger partial charge in [0.15, 0.2) is 0 Å². The Morgan fingerprint density at radius 3 is 2.61 bits per heavy atom. The van der Waals surface area contributed by atoms with Crippen molar-refractivity contribution in [1.29, 1.82) is 0 Å². The molecule has 0 aliphatic rings. The Kier molecular flexibility index (Phi) is 3.75. The molecule has 18 heavy (non-hydrogen) atoms. The molecule has 0 unspecified atom stereocenters. The lowest BCUT2D eigenvalue weighted by Crippen LogP contribution is -1.97. The SMILES string of the molecule is CCCc1nc(Cl)c2cc(S(=O)(=O)Cl)ccc2n1. The smallest absolute Gasteiger partial charge is 0.233 e. The minimum absolute atomic E-state index is 0.00888. The molecule has 2 aromatic rings. The van der Waals surface area contributed by atoms with Crippen LogP contribution in [0.2, 0.25) is 5.15 Å². The third-order valence-electron chi connectivity index (χ3n) is 2.42. The van der Waals surface area contributed by atoms with Crippen LogP contribution in [0.4, 0.5) is 0 Å². The van der Waals surface area contributed by atoms with Gasteiger partial charge in [-0.3, -0.25) is 0 Å². The van der Waals surface area contributed by atoms with Crippen molar-refractivity contribution >= 4 is 42.2 Å². The molecule has 0 aliphatic heterocycles. The fourth-order valence-corrected chi connectivity index (χ4v) is 2.63. The van der Waals surface area contributed by atoms with E-state index in [9.17, 15) is 8.42 Å². The highest BCUT2D eigenvalue weighted by molar-refractivity contribution is 8.13. The van der Waals surface area contributed by atoms with Crippen molar-refractivity contribution in [1.82, 2.24) is 9.97 Å². The van der Waals surface area contributed by atoms with E-state index in [-0.39, 0.29) is 10.0 Å². The Morgan fingerprint density at radius 1 is 1.28 bits per heavy atom. The van der Waals surface area contributed by atoms with E-state index in [4.69, 9.17) is 22.3 Å². The summed E-state index contributed by atoms with van der Waals surface area (Å²) in [5.74, 6) is 0.650. The lowest BCUT2D eigenvalue weighted by Gasteiger charge is -2.04. The topological polar surface area (TPSA) is 59.9 Å². The standard InChI is InChI=1S/C11H10Cl2N2O2S/c1-2-3-10-14-9-5-4-7(18(13,16)17)6-8(9)11(12)15-10/h4-6H,2-3H2,1H3. The van der Waals surface area contributed by atoms with Crippen molar-refractivity contribution < 1.29 is 8.42 Å². The zero-order chi connectivity index (χ0) is 13.3. The predicted octanol–water partition coefficient (Wildman–Crippen LogP) is 3.16. The molecule has 0 atom stereocenters. The molecular weight excluding hydrogens is 295 g/mol. The number of fused-ring (bicyclic) bond motifs is 1. The first-order chi connectivity index (χ1) is 8.41. The quantitative estimate of drug-likeness (QED) is 0.645.